The van der Waals surface area contributed by atoms with Gasteiger partial charge in [0.2, 0.25) is 0 Å². The average Bonchev–Trinajstić information content (AvgIpc) is 2.04. The van der Waals surface area contributed by atoms with Crippen LogP contribution in [0.4, 0.5) is 0 Å². The number of hydrogen-bond donors (Lipinski definition) is 1. The summed E-state index contributed by atoms with van der Waals surface area (Å²) >= 11 is 0. The second-order valence-corrected chi connectivity index (χ2v) is 3.59. The van der Waals surface area contributed by atoms with Crippen molar-refractivity contribution in [2.24, 2.45) is 11.8 Å². The third-order valence-corrected chi connectivity index (χ3v) is 2.67. The van der Waals surface area contributed by atoms with Crippen LogP contribution in [0.15, 0.2) is 23.8 Å². The Kier molecular flexibility index (Phi) is 1.82. The second kappa shape index (κ2) is 2.82. The van der Waals surface area contributed by atoms with Crippen molar-refractivity contribution in [3.8, 4) is 0 Å². The fraction of sp³-hybridized carbons (Fsp3) is 0.600. The SMILES string of the molecule is CC1=CC2CCNCC2C=C1. The lowest BCUT2D eigenvalue weighted by Gasteiger charge is -2.30. The maximum atomic E-state index is 3.42. The molecule has 0 aromatic heterocycles. The summed E-state index contributed by atoms with van der Waals surface area (Å²) in [5.74, 6) is 1.59. The van der Waals surface area contributed by atoms with E-state index in [1.54, 1.807) is 0 Å². The van der Waals surface area contributed by atoms with Crippen LogP contribution in [0, 0.1) is 11.8 Å². The van der Waals surface area contributed by atoms with Gasteiger partial charge in [-0.15, -0.1) is 0 Å². The number of piperidine rings is 1. The zero-order valence-electron chi connectivity index (χ0n) is 7.01. The Morgan fingerprint density at radius 2 is 2.36 bits per heavy atom. The summed E-state index contributed by atoms with van der Waals surface area (Å²) < 4.78 is 0. The third-order valence-electron chi connectivity index (χ3n) is 2.67. The van der Waals surface area contributed by atoms with Crippen LogP contribution < -0.4 is 5.32 Å². The molecule has 1 heteroatoms. The molecule has 0 aromatic rings. The van der Waals surface area contributed by atoms with Gasteiger partial charge in [0, 0.05) is 6.54 Å². The Balaban J connectivity index is 2.13. The average molecular weight is 149 g/mol. The van der Waals surface area contributed by atoms with Crippen LogP contribution in [0.1, 0.15) is 13.3 Å². The molecule has 0 amide bonds. The summed E-state index contributed by atoms with van der Waals surface area (Å²) in [6.45, 7) is 4.55. The minimum atomic E-state index is 0.771. The van der Waals surface area contributed by atoms with E-state index in [2.05, 4.69) is 30.5 Å². The Morgan fingerprint density at radius 3 is 3.27 bits per heavy atom. The molecular weight excluding hydrogens is 134 g/mol. The van der Waals surface area contributed by atoms with Crippen LogP contribution in [0.25, 0.3) is 0 Å². The molecule has 0 radical (unpaired) electrons. The minimum Gasteiger partial charge on any atom is -0.316 e. The van der Waals surface area contributed by atoms with E-state index in [0.717, 1.165) is 11.8 Å². The van der Waals surface area contributed by atoms with Crippen LogP contribution >= 0.6 is 0 Å². The molecule has 0 saturated carbocycles. The number of fused-ring (bicyclic) bond motifs is 1. The Bertz CT molecular complexity index is 203. The van der Waals surface area contributed by atoms with Crippen molar-refractivity contribution in [3.05, 3.63) is 23.8 Å². The monoisotopic (exact) mass is 149 g/mol. The van der Waals surface area contributed by atoms with Crippen LogP contribution in [-0.4, -0.2) is 13.1 Å². The van der Waals surface area contributed by atoms with E-state index in [-0.39, 0.29) is 0 Å². The molecule has 1 N–H and O–H groups in total. The van der Waals surface area contributed by atoms with E-state index >= 15 is 0 Å². The fourth-order valence-corrected chi connectivity index (χ4v) is 1.99. The standard InChI is InChI=1S/C10H15N/c1-8-2-3-10-7-11-5-4-9(10)6-8/h2-3,6,9-11H,4-5,7H2,1H3. The molecule has 1 heterocycles. The van der Waals surface area contributed by atoms with Crippen molar-refractivity contribution < 1.29 is 0 Å². The third kappa shape index (κ3) is 1.38. The maximum Gasteiger partial charge on any atom is 0.00200 e. The lowest BCUT2D eigenvalue weighted by Crippen LogP contribution is -2.35. The van der Waals surface area contributed by atoms with Crippen LogP contribution in [-0.2, 0) is 0 Å². The Labute approximate surface area is 68.2 Å². The number of allylic oxidation sites excluding steroid dienone is 3. The molecule has 0 aromatic carbocycles. The van der Waals surface area contributed by atoms with E-state index in [9.17, 15) is 0 Å². The minimum absolute atomic E-state index is 0.771. The van der Waals surface area contributed by atoms with Crippen molar-refractivity contribution in [2.75, 3.05) is 13.1 Å². The zero-order chi connectivity index (χ0) is 7.68. The van der Waals surface area contributed by atoms with Gasteiger partial charge in [0.05, 0.1) is 0 Å². The van der Waals surface area contributed by atoms with Crippen LogP contribution in [0.3, 0.4) is 0 Å². The largest absolute Gasteiger partial charge is 0.316 e. The van der Waals surface area contributed by atoms with Crippen LogP contribution in [0.5, 0.6) is 0 Å². The Hall–Kier alpha value is -0.560. The molecule has 0 spiro atoms. The number of nitrogens with one attached hydrogen (secondary N) is 1. The van der Waals surface area contributed by atoms with Crippen molar-refractivity contribution in [1.82, 2.24) is 5.32 Å². The molecule has 0 bridgehead atoms. The van der Waals surface area contributed by atoms with Crippen molar-refractivity contribution in [2.45, 2.75) is 13.3 Å². The molecule has 1 aliphatic heterocycles. The smallest absolute Gasteiger partial charge is 0.00200 e. The quantitative estimate of drug-likeness (QED) is 0.553. The number of hydrogen-bond acceptors (Lipinski definition) is 1. The first-order valence-electron chi connectivity index (χ1n) is 4.43. The molecule has 2 atom stereocenters. The summed E-state index contributed by atoms with van der Waals surface area (Å²) in [5, 5.41) is 3.42. The lowest BCUT2D eigenvalue weighted by atomic mass is 9.82. The maximum absolute atomic E-state index is 3.42. The van der Waals surface area contributed by atoms with Crippen molar-refractivity contribution in [3.63, 3.8) is 0 Å². The van der Waals surface area contributed by atoms with Crippen molar-refractivity contribution in [1.29, 1.82) is 0 Å². The molecular formula is C10H15N. The first-order chi connectivity index (χ1) is 5.36. The van der Waals surface area contributed by atoms with E-state index in [1.807, 2.05) is 0 Å². The summed E-state index contributed by atoms with van der Waals surface area (Å²) in [6.07, 6.45) is 8.33. The Morgan fingerprint density at radius 1 is 1.45 bits per heavy atom. The molecule has 2 unspecified atom stereocenters. The predicted octanol–water partition coefficient (Wildman–Crippen LogP) is 1.73. The highest BCUT2D eigenvalue weighted by Gasteiger charge is 2.22. The van der Waals surface area contributed by atoms with E-state index < -0.39 is 0 Å². The molecule has 2 rings (SSSR count). The molecule has 11 heavy (non-hydrogen) atoms. The van der Waals surface area contributed by atoms with Gasteiger partial charge in [0.1, 0.15) is 0 Å². The van der Waals surface area contributed by atoms with Gasteiger partial charge in [-0.05, 0) is 31.7 Å². The zero-order valence-corrected chi connectivity index (χ0v) is 7.01. The van der Waals surface area contributed by atoms with E-state index in [0.29, 0.717) is 0 Å². The molecule has 1 saturated heterocycles. The molecule has 1 nitrogen and oxygen atoms in total. The fourth-order valence-electron chi connectivity index (χ4n) is 1.99. The van der Waals surface area contributed by atoms with Gasteiger partial charge in [0.25, 0.3) is 0 Å². The van der Waals surface area contributed by atoms with Crippen LogP contribution in [0.2, 0.25) is 0 Å². The van der Waals surface area contributed by atoms with Gasteiger partial charge in [-0.1, -0.05) is 23.8 Å². The van der Waals surface area contributed by atoms with Gasteiger partial charge in [-0.25, -0.2) is 0 Å². The predicted molar refractivity (Wildman–Crippen MR) is 47.4 cm³/mol. The molecule has 2 aliphatic rings. The summed E-state index contributed by atoms with van der Waals surface area (Å²) in [4.78, 5) is 0. The number of rotatable bonds is 0. The first kappa shape index (κ1) is 7.11. The highest BCUT2D eigenvalue weighted by molar-refractivity contribution is 5.24. The lowest BCUT2D eigenvalue weighted by molar-refractivity contribution is 0.352. The normalized spacial score (nSPS) is 36.3. The molecule has 60 valence electrons. The summed E-state index contributed by atoms with van der Waals surface area (Å²) in [7, 11) is 0. The molecule has 1 fully saturated rings. The van der Waals surface area contributed by atoms with Crippen molar-refractivity contribution >= 4 is 0 Å². The summed E-state index contributed by atoms with van der Waals surface area (Å²) in [6, 6.07) is 0. The van der Waals surface area contributed by atoms with Gasteiger partial charge < -0.3 is 5.32 Å². The van der Waals surface area contributed by atoms with E-state index in [4.69, 9.17) is 0 Å². The van der Waals surface area contributed by atoms with Gasteiger partial charge in [-0.3, -0.25) is 0 Å². The van der Waals surface area contributed by atoms with Gasteiger partial charge in [0.15, 0.2) is 0 Å². The summed E-state index contributed by atoms with van der Waals surface area (Å²) in [5.41, 5.74) is 1.44. The molecule has 1 aliphatic carbocycles. The second-order valence-electron chi connectivity index (χ2n) is 3.59. The van der Waals surface area contributed by atoms with E-state index in [1.165, 1.54) is 25.1 Å². The topological polar surface area (TPSA) is 12.0 Å². The highest BCUT2D eigenvalue weighted by atomic mass is 14.9. The van der Waals surface area contributed by atoms with Gasteiger partial charge in [-0.2, -0.15) is 0 Å². The van der Waals surface area contributed by atoms with Gasteiger partial charge >= 0.3 is 0 Å². The first-order valence-corrected chi connectivity index (χ1v) is 4.43. The highest BCUT2D eigenvalue weighted by Crippen LogP contribution is 2.27.